The van der Waals surface area contributed by atoms with Gasteiger partial charge in [0.25, 0.3) is 0 Å². The highest BCUT2D eigenvalue weighted by Crippen LogP contribution is 2.47. The van der Waals surface area contributed by atoms with Crippen LogP contribution in [0.2, 0.25) is 0 Å². The third-order valence-electron chi connectivity index (χ3n) is 7.94. The molecule has 2 aromatic rings. The summed E-state index contributed by atoms with van der Waals surface area (Å²) in [5.74, 6) is -1.04. The van der Waals surface area contributed by atoms with Crippen LogP contribution in [-0.4, -0.2) is 42.6 Å². The van der Waals surface area contributed by atoms with Crippen molar-refractivity contribution in [1.29, 1.82) is 0 Å². The summed E-state index contributed by atoms with van der Waals surface area (Å²) >= 11 is 0. The Morgan fingerprint density at radius 2 is 1.55 bits per heavy atom. The van der Waals surface area contributed by atoms with Crippen LogP contribution in [0, 0.1) is 11.7 Å². The van der Waals surface area contributed by atoms with Crippen LogP contribution in [-0.2, 0) is 28.5 Å². The van der Waals surface area contributed by atoms with E-state index >= 15 is 0 Å². The monoisotopic (exact) mass is 546 g/mol. The highest BCUT2D eigenvalue weighted by Gasteiger charge is 2.51. The smallest absolute Gasteiger partial charge is 0.373 e. The van der Waals surface area contributed by atoms with Gasteiger partial charge in [-0.15, -0.1) is 0 Å². The zero-order valence-corrected chi connectivity index (χ0v) is 21.1. The molecular formula is C27H29F7N2O2. The Hall–Kier alpha value is -2.66. The van der Waals surface area contributed by atoms with Crippen LogP contribution in [0.15, 0.2) is 42.5 Å². The average Bonchev–Trinajstić information content (AvgIpc) is 3.38. The second kappa shape index (κ2) is 10.1. The molecule has 1 amide bonds. The molecule has 1 saturated carbocycles. The molecule has 4 rings (SSSR count). The summed E-state index contributed by atoms with van der Waals surface area (Å²) in [5, 5.41) is 3.06. The molecule has 2 fully saturated rings. The topological polar surface area (TPSA) is 41.6 Å². The van der Waals surface area contributed by atoms with Crippen molar-refractivity contribution in [2.75, 3.05) is 14.1 Å². The van der Waals surface area contributed by atoms with E-state index in [2.05, 4.69) is 5.32 Å². The molecule has 4 nitrogen and oxygen atoms in total. The van der Waals surface area contributed by atoms with Gasteiger partial charge in [-0.2, -0.15) is 26.3 Å². The first-order valence-corrected chi connectivity index (χ1v) is 12.2. The fourth-order valence-electron chi connectivity index (χ4n) is 5.62. The largest absolute Gasteiger partial charge is 0.416 e. The molecule has 11 heteroatoms. The summed E-state index contributed by atoms with van der Waals surface area (Å²) in [6.07, 6.45) is -8.87. The maximum atomic E-state index is 13.7. The Kier molecular flexibility index (Phi) is 7.57. The Morgan fingerprint density at radius 3 is 2.05 bits per heavy atom. The third-order valence-corrected chi connectivity index (χ3v) is 7.94. The van der Waals surface area contributed by atoms with Gasteiger partial charge in [0.15, 0.2) is 0 Å². The molecule has 5 atom stereocenters. The van der Waals surface area contributed by atoms with E-state index in [0.717, 1.165) is 5.56 Å². The fourth-order valence-corrected chi connectivity index (χ4v) is 5.62. The van der Waals surface area contributed by atoms with Gasteiger partial charge in [0.1, 0.15) is 5.82 Å². The van der Waals surface area contributed by atoms with Gasteiger partial charge in [0, 0.05) is 12.0 Å². The van der Waals surface area contributed by atoms with Gasteiger partial charge >= 0.3 is 12.4 Å². The number of nitrogens with one attached hydrogen (secondary N) is 1. The number of nitrogens with zero attached hydrogens (tertiary/aromatic N) is 1. The quantitative estimate of drug-likeness (QED) is 0.442. The van der Waals surface area contributed by atoms with Gasteiger partial charge in [-0.3, -0.25) is 9.69 Å². The number of rotatable bonds is 6. The first-order chi connectivity index (χ1) is 17.6. The molecule has 1 saturated heterocycles. The van der Waals surface area contributed by atoms with Gasteiger partial charge < -0.3 is 10.1 Å². The number of carbonyl (C=O) groups excluding carboxylic acids is 1. The van der Waals surface area contributed by atoms with Crippen molar-refractivity contribution in [3.05, 3.63) is 70.5 Å². The molecule has 2 aromatic carbocycles. The molecular weight excluding hydrogens is 517 g/mol. The van der Waals surface area contributed by atoms with E-state index < -0.39 is 47.5 Å². The van der Waals surface area contributed by atoms with Crippen molar-refractivity contribution in [3.8, 4) is 0 Å². The predicted molar refractivity (Wildman–Crippen MR) is 126 cm³/mol. The van der Waals surface area contributed by atoms with Gasteiger partial charge in [0.05, 0.1) is 29.4 Å². The molecule has 2 aliphatic rings. The fraction of sp³-hybridized carbons (Fsp3) is 0.519. The first-order valence-electron chi connectivity index (χ1n) is 12.2. The normalized spacial score (nSPS) is 28.2. The standard InChI is InChI=1S/C27H29F7N2O2/c1-25(36(2)3)13-21(35-24(25)37)20-8-9-22(23(20)16-4-6-19(28)7-5-16)38-14-15-10-17(26(29,30)31)12-18(11-15)27(32,33)34/h4-7,10-12,20-23H,8-9,13-14H2,1-3H3,(H,35,37)/t20-,21+,22-,23-,25+/m0/s1. The minimum Gasteiger partial charge on any atom is -0.373 e. The molecule has 0 spiro atoms. The molecule has 1 aliphatic heterocycles. The highest BCUT2D eigenvalue weighted by molar-refractivity contribution is 5.88. The first kappa shape index (κ1) is 28.4. The lowest BCUT2D eigenvalue weighted by atomic mass is 9.80. The van der Waals surface area contributed by atoms with E-state index in [4.69, 9.17) is 4.74 Å². The van der Waals surface area contributed by atoms with Crippen LogP contribution in [0.3, 0.4) is 0 Å². The van der Waals surface area contributed by atoms with Crippen LogP contribution in [0.1, 0.15) is 54.4 Å². The molecule has 1 heterocycles. The van der Waals surface area contributed by atoms with Crippen LogP contribution in [0.4, 0.5) is 30.7 Å². The van der Waals surface area contributed by atoms with Gasteiger partial charge in [-0.05, 0) is 87.7 Å². The second-order valence-electron chi connectivity index (χ2n) is 10.5. The van der Waals surface area contributed by atoms with Crippen molar-refractivity contribution in [1.82, 2.24) is 10.2 Å². The average molecular weight is 547 g/mol. The number of benzene rings is 2. The highest BCUT2D eigenvalue weighted by atomic mass is 19.4. The number of hydrogen-bond acceptors (Lipinski definition) is 3. The van der Waals surface area contributed by atoms with Crippen molar-refractivity contribution in [2.24, 2.45) is 5.92 Å². The summed E-state index contributed by atoms with van der Waals surface area (Å²) in [4.78, 5) is 14.6. The number of likely N-dealkylation sites (N-methyl/N-ethyl adjacent to an activating group) is 1. The van der Waals surface area contributed by atoms with E-state index in [1.54, 1.807) is 12.1 Å². The lowest BCUT2D eigenvalue weighted by Crippen LogP contribution is -2.47. The van der Waals surface area contributed by atoms with Crippen LogP contribution < -0.4 is 5.32 Å². The lowest BCUT2D eigenvalue weighted by molar-refractivity contribution is -0.143. The second-order valence-corrected chi connectivity index (χ2v) is 10.5. The number of ether oxygens (including phenoxy) is 1. The predicted octanol–water partition coefficient (Wildman–Crippen LogP) is 6.15. The maximum absolute atomic E-state index is 13.7. The summed E-state index contributed by atoms with van der Waals surface area (Å²) in [7, 11) is 3.62. The van der Waals surface area contributed by atoms with Crippen molar-refractivity contribution in [2.45, 2.75) is 68.7 Å². The minimum absolute atomic E-state index is 0.0843. The summed E-state index contributed by atoms with van der Waals surface area (Å²) in [5.41, 5.74) is -3.05. The Balaban J connectivity index is 1.61. The molecule has 38 heavy (non-hydrogen) atoms. The SMILES string of the molecule is CN(C)[C@]1(C)C[C@H]([C@@H]2CC[C@H](OCc3cc(C(F)(F)F)cc(C(F)(F)F)c3)[C@H]2c2ccc(F)cc2)NC1=O. The summed E-state index contributed by atoms with van der Waals surface area (Å²) in [6, 6.07) is 6.96. The molecule has 0 bridgehead atoms. The van der Waals surface area contributed by atoms with E-state index in [0.29, 0.717) is 31.4 Å². The molecule has 0 aromatic heterocycles. The number of amides is 1. The van der Waals surface area contributed by atoms with Gasteiger partial charge in [0.2, 0.25) is 5.91 Å². The Bertz CT molecular complexity index is 1130. The van der Waals surface area contributed by atoms with Crippen molar-refractivity contribution >= 4 is 5.91 Å². The van der Waals surface area contributed by atoms with Crippen LogP contribution in [0.5, 0.6) is 0 Å². The van der Waals surface area contributed by atoms with Crippen molar-refractivity contribution < 1.29 is 40.3 Å². The molecule has 0 radical (unpaired) electrons. The van der Waals surface area contributed by atoms with E-state index in [-0.39, 0.29) is 35.4 Å². The summed E-state index contributed by atoms with van der Waals surface area (Å²) in [6.45, 7) is 1.37. The molecule has 1 N–H and O–H groups in total. The maximum Gasteiger partial charge on any atom is 0.416 e. The summed E-state index contributed by atoms with van der Waals surface area (Å²) < 4.78 is 99.4. The number of halogens is 7. The minimum atomic E-state index is -4.95. The number of hydrogen-bond donors (Lipinski definition) is 1. The Morgan fingerprint density at radius 1 is 0.974 bits per heavy atom. The van der Waals surface area contributed by atoms with Gasteiger partial charge in [-0.25, -0.2) is 4.39 Å². The molecule has 0 unspecified atom stereocenters. The third kappa shape index (κ3) is 5.68. The van der Waals surface area contributed by atoms with E-state index in [1.807, 2.05) is 25.9 Å². The molecule has 208 valence electrons. The van der Waals surface area contributed by atoms with Crippen molar-refractivity contribution in [3.63, 3.8) is 0 Å². The Labute approximate surface area is 216 Å². The number of carbonyl (C=O) groups is 1. The van der Waals surface area contributed by atoms with E-state index in [1.165, 1.54) is 12.1 Å². The zero-order chi connectivity index (χ0) is 28.0. The van der Waals surface area contributed by atoms with Crippen LogP contribution >= 0.6 is 0 Å². The van der Waals surface area contributed by atoms with Crippen LogP contribution in [0.25, 0.3) is 0 Å². The number of alkyl halides is 6. The zero-order valence-electron chi connectivity index (χ0n) is 21.1. The molecule has 1 aliphatic carbocycles. The lowest BCUT2D eigenvalue weighted by Gasteiger charge is -2.32. The van der Waals surface area contributed by atoms with E-state index in [9.17, 15) is 35.5 Å². The van der Waals surface area contributed by atoms with Gasteiger partial charge in [-0.1, -0.05) is 12.1 Å².